The van der Waals surface area contributed by atoms with E-state index in [1.54, 1.807) is 6.07 Å². The van der Waals surface area contributed by atoms with Gasteiger partial charge in [0, 0.05) is 10.9 Å². The minimum absolute atomic E-state index is 0.256. The van der Waals surface area contributed by atoms with Crippen molar-refractivity contribution >= 4 is 34.0 Å². The first-order valence-electron chi connectivity index (χ1n) is 7.74. The fourth-order valence-corrected chi connectivity index (χ4v) is 2.86. The highest BCUT2D eigenvalue weighted by Crippen LogP contribution is 2.33. The largest absolute Gasteiger partial charge is 0.490 e. The first kappa shape index (κ1) is 17.2. The van der Waals surface area contributed by atoms with Gasteiger partial charge in [0.2, 0.25) is 0 Å². The molecule has 0 fully saturated rings. The van der Waals surface area contributed by atoms with Crippen molar-refractivity contribution in [2.45, 2.75) is 25.9 Å². The maximum atomic E-state index is 6.47. The highest BCUT2D eigenvalue weighted by Gasteiger charge is 2.20. The number of nitrogens with one attached hydrogen (secondary N) is 1. The van der Waals surface area contributed by atoms with Crippen LogP contribution in [0.4, 0.5) is 0 Å². The summed E-state index contributed by atoms with van der Waals surface area (Å²) in [5.41, 5.74) is -0.256. The van der Waals surface area contributed by atoms with Crippen LogP contribution in [0, 0.1) is 0 Å². The molecule has 0 unspecified atom stereocenters. The van der Waals surface area contributed by atoms with E-state index in [1.807, 2.05) is 42.5 Å². The monoisotopic (exact) mass is 363 g/mol. The van der Waals surface area contributed by atoms with E-state index in [2.05, 4.69) is 19.2 Å². The van der Waals surface area contributed by atoms with E-state index in [-0.39, 0.29) is 5.54 Å². The molecule has 0 aliphatic heterocycles. The minimum atomic E-state index is -0.256. The zero-order valence-electron chi connectivity index (χ0n) is 13.6. The van der Waals surface area contributed by atoms with Gasteiger partial charge < -0.3 is 14.5 Å². The maximum Gasteiger partial charge on any atom is 0.193 e. The molecule has 1 N–H and O–H groups in total. The number of hydrogen-bond acceptors (Lipinski definition) is 3. The Hall–Kier alpha value is -1.68. The Kier molecular flexibility index (Phi) is 5.04. The normalized spacial score (nSPS) is 11.8. The Morgan fingerprint density at radius 2 is 1.83 bits per heavy atom. The molecule has 3 rings (SSSR count). The Morgan fingerprint density at radius 3 is 2.58 bits per heavy atom. The van der Waals surface area contributed by atoms with Crippen LogP contribution in [0.15, 0.2) is 52.9 Å². The predicted octanol–water partition coefficient (Wildman–Crippen LogP) is 5.69. The first-order chi connectivity index (χ1) is 11.4. The summed E-state index contributed by atoms with van der Waals surface area (Å²) < 4.78 is 11.3. The molecule has 0 aliphatic rings. The van der Waals surface area contributed by atoms with Crippen molar-refractivity contribution in [3.8, 4) is 5.75 Å². The summed E-state index contributed by atoms with van der Waals surface area (Å²) in [7, 11) is 0. The summed E-state index contributed by atoms with van der Waals surface area (Å²) in [4.78, 5) is 0. The molecule has 24 heavy (non-hydrogen) atoms. The van der Waals surface area contributed by atoms with Crippen LogP contribution in [0.5, 0.6) is 5.75 Å². The van der Waals surface area contributed by atoms with Crippen LogP contribution in [0.3, 0.4) is 0 Å². The average Bonchev–Trinajstić information content (AvgIpc) is 2.98. The number of rotatable bonds is 6. The zero-order valence-corrected chi connectivity index (χ0v) is 15.1. The standard InChI is InChI=1S/C19H19Cl2NO2/c1-19(2,22-11-14-8-10-17(20)24-14)12-23-16-9-7-13-5-3-4-6-15(13)18(16)21/h3-10,22H,11-12H2,1-2H3. The first-order valence-corrected chi connectivity index (χ1v) is 8.49. The number of halogens is 2. The highest BCUT2D eigenvalue weighted by molar-refractivity contribution is 6.37. The Balaban J connectivity index is 1.64. The summed E-state index contributed by atoms with van der Waals surface area (Å²) in [6.45, 7) is 5.17. The van der Waals surface area contributed by atoms with Gasteiger partial charge in [-0.15, -0.1) is 0 Å². The molecular weight excluding hydrogens is 345 g/mol. The van der Waals surface area contributed by atoms with E-state index in [1.165, 1.54) is 0 Å². The van der Waals surface area contributed by atoms with E-state index < -0.39 is 0 Å². The van der Waals surface area contributed by atoms with Crippen LogP contribution in [0.1, 0.15) is 19.6 Å². The smallest absolute Gasteiger partial charge is 0.193 e. The van der Waals surface area contributed by atoms with Crippen LogP contribution in [0.25, 0.3) is 10.8 Å². The summed E-state index contributed by atoms with van der Waals surface area (Å²) in [6.07, 6.45) is 0. The van der Waals surface area contributed by atoms with Gasteiger partial charge in [-0.05, 0) is 49.0 Å². The van der Waals surface area contributed by atoms with Crippen molar-refractivity contribution in [2.24, 2.45) is 0 Å². The maximum absolute atomic E-state index is 6.47. The van der Waals surface area contributed by atoms with Gasteiger partial charge in [-0.25, -0.2) is 0 Å². The molecule has 5 heteroatoms. The van der Waals surface area contributed by atoms with E-state index in [9.17, 15) is 0 Å². The van der Waals surface area contributed by atoms with Crippen molar-refractivity contribution in [1.82, 2.24) is 5.32 Å². The van der Waals surface area contributed by atoms with Crippen molar-refractivity contribution in [2.75, 3.05) is 6.61 Å². The number of benzene rings is 2. The molecule has 1 heterocycles. The lowest BCUT2D eigenvalue weighted by Crippen LogP contribution is -2.44. The summed E-state index contributed by atoms with van der Waals surface area (Å²) in [5, 5.41) is 6.52. The van der Waals surface area contributed by atoms with Gasteiger partial charge in [0.15, 0.2) is 5.22 Å². The van der Waals surface area contributed by atoms with Crippen molar-refractivity contribution in [1.29, 1.82) is 0 Å². The quantitative estimate of drug-likeness (QED) is 0.610. The lowest BCUT2D eigenvalue weighted by Gasteiger charge is -2.26. The molecule has 0 saturated heterocycles. The summed E-state index contributed by atoms with van der Waals surface area (Å²) in [5.74, 6) is 1.48. The van der Waals surface area contributed by atoms with Crippen molar-refractivity contribution in [3.63, 3.8) is 0 Å². The highest BCUT2D eigenvalue weighted by atomic mass is 35.5. The number of ether oxygens (including phenoxy) is 1. The van der Waals surface area contributed by atoms with Gasteiger partial charge in [-0.3, -0.25) is 0 Å². The van der Waals surface area contributed by atoms with Crippen LogP contribution in [0.2, 0.25) is 10.2 Å². The molecule has 0 amide bonds. The third-order valence-electron chi connectivity index (χ3n) is 3.79. The van der Waals surface area contributed by atoms with Crippen molar-refractivity contribution < 1.29 is 9.15 Å². The second-order valence-electron chi connectivity index (χ2n) is 6.33. The molecule has 0 spiro atoms. The SMILES string of the molecule is CC(C)(COc1ccc2ccccc2c1Cl)NCc1ccc(Cl)o1. The third-order valence-corrected chi connectivity index (χ3v) is 4.38. The fourth-order valence-electron chi connectivity index (χ4n) is 2.41. The molecule has 2 aromatic carbocycles. The molecule has 1 aromatic heterocycles. The van der Waals surface area contributed by atoms with Gasteiger partial charge in [0.05, 0.1) is 11.6 Å². The topological polar surface area (TPSA) is 34.4 Å². The van der Waals surface area contributed by atoms with Gasteiger partial charge in [0.25, 0.3) is 0 Å². The zero-order chi connectivity index (χ0) is 17.2. The molecule has 3 aromatic rings. The summed E-state index contributed by atoms with van der Waals surface area (Å²) >= 11 is 12.3. The molecule has 0 atom stereocenters. The van der Waals surface area contributed by atoms with E-state index in [0.29, 0.717) is 29.1 Å². The number of hydrogen-bond donors (Lipinski definition) is 1. The van der Waals surface area contributed by atoms with Gasteiger partial charge in [-0.2, -0.15) is 0 Å². The fraction of sp³-hybridized carbons (Fsp3) is 0.263. The van der Waals surface area contributed by atoms with Crippen LogP contribution in [-0.2, 0) is 6.54 Å². The average molecular weight is 364 g/mol. The summed E-state index contributed by atoms with van der Waals surface area (Å²) in [6, 6.07) is 15.5. The Bertz CT molecular complexity index is 842. The van der Waals surface area contributed by atoms with Crippen LogP contribution >= 0.6 is 23.2 Å². The molecule has 0 radical (unpaired) electrons. The second-order valence-corrected chi connectivity index (χ2v) is 7.08. The Morgan fingerprint density at radius 1 is 1.04 bits per heavy atom. The van der Waals surface area contributed by atoms with Gasteiger partial charge >= 0.3 is 0 Å². The van der Waals surface area contributed by atoms with Gasteiger partial charge in [0.1, 0.15) is 18.1 Å². The predicted molar refractivity (Wildman–Crippen MR) is 99.1 cm³/mol. The molecule has 0 saturated carbocycles. The lowest BCUT2D eigenvalue weighted by atomic mass is 10.1. The van der Waals surface area contributed by atoms with Gasteiger partial charge in [-0.1, -0.05) is 41.9 Å². The van der Waals surface area contributed by atoms with E-state index in [4.69, 9.17) is 32.4 Å². The molecule has 3 nitrogen and oxygen atoms in total. The van der Waals surface area contributed by atoms with Crippen LogP contribution in [-0.4, -0.2) is 12.1 Å². The number of fused-ring (bicyclic) bond motifs is 1. The van der Waals surface area contributed by atoms with Crippen LogP contribution < -0.4 is 10.1 Å². The van der Waals surface area contributed by atoms with E-state index >= 15 is 0 Å². The van der Waals surface area contributed by atoms with Crippen molar-refractivity contribution in [3.05, 3.63) is 64.5 Å². The second kappa shape index (κ2) is 7.06. The molecular formula is C19H19Cl2NO2. The van der Waals surface area contributed by atoms with E-state index in [0.717, 1.165) is 16.5 Å². The number of furan rings is 1. The lowest BCUT2D eigenvalue weighted by molar-refractivity contribution is 0.204. The molecule has 0 aliphatic carbocycles. The minimum Gasteiger partial charge on any atom is -0.490 e. The Labute approximate surface area is 151 Å². The third kappa shape index (κ3) is 4.04. The molecule has 0 bridgehead atoms. The molecule has 126 valence electrons.